The molecule has 1 fully saturated rings. The van der Waals surface area contributed by atoms with E-state index in [9.17, 15) is 10.1 Å². The van der Waals surface area contributed by atoms with Crippen LogP contribution in [0.5, 0.6) is 0 Å². The molecule has 1 N–H and O–H groups in total. The lowest BCUT2D eigenvalue weighted by molar-refractivity contribution is -0.383. The minimum Gasteiger partial charge on any atom is -0.378 e. The van der Waals surface area contributed by atoms with Crippen molar-refractivity contribution < 1.29 is 4.92 Å². The van der Waals surface area contributed by atoms with Crippen molar-refractivity contribution in [2.45, 2.75) is 24.5 Å². The van der Waals surface area contributed by atoms with Crippen LogP contribution < -0.4 is 5.32 Å². The molecule has 1 heterocycles. The topological polar surface area (TPSA) is 55.2 Å². The summed E-state index contributed by atoms with van der Waals surface area (Å²) < 4.78 is 0. The highest BCUT2D eigenvalue weighted by molar-refractivity contribution is 7.99. The summed E-state index contributed by atoms with van der Waals surface area (Å²) in [4.78, 5) is 10.5. The first-order chi connectivity index (χ1) is 8.68. The molecule has 1 aromatic rings. The van der Waals surface area contributed by atoms with Gasteiger partial charge in [0.15, 0.2) is 0 Å². The van der Waals surface area contributed by atoms with Gasteiger partial charge in [0, 0.05) is 11.8 Å². The molecule has 0 radical (unpaired) electrons. The molecule has 0 amide bonds. The van der Waals surface area contributed by atoms with Crippen LogP contribution in [-0.2, 0) is 0 Å². The fraction of sp³-hybridized carbons (Fsp3) is 0.500. The van der Waals surface area contributed by atoms with Gasteiger partial charge in [-0.05, 0) is 30.7 Å². The van der Waals surface area contributed by atoms with Crippen molar-refractivity contribution >= 4 is 34.7 Å². The molecular formula is C12H15ClN2O2S. The number of nitrogens with one attached hydrogen (secondary N) is 1. The minimum absolute atomic E-state index is 0.0278. The van der Waals surface area contributed by atoms with Crippen molar-refractivity contribution in [1.29, 1.82) is 0 Å². The Morgan fingerprint density at radius 2 is 2.33 bits per heavy atom. The van der Waals surface area contributed by atoms with Crippen molar-refractivity contribution in [3.8, 4) is 0 Å². The van der Waals surface area contributed by atoms with E-state index in [-0.39, 0.29) is 10.7 Å². The van der Waals surface area contributed by atoms with Gasteiger partial charge in [-0.15, -0.1) is 0 Å². The van der Waals surface area contributed by atoms with Crippen molar-refractivity contribution in [3.05, 3.63) is 33.3 Å². The zero-order chi connectivity index (χ0) is 13.0. The number of benzene rings is 1. The van der Waals surface area contributed by atoms with E-state index in [2.05, 4.69) is 5.32 Å². The maximum absolute atomic E-state index is 11.0. The molecule has 0 aromatic heterocycles. The van der Waals surface area contributed by atoms with Gasteiger partial charge < -0.3 is 5.32 Å². The molecule has 6 heteroatoms. The summed E-state index contributed by atoms with van der Waals surface area (Å²) in [5.74, 6) is 1.18. The average Bonchev–Trinajstić information content (AvgIpc) is 2.37. The highest BCUT2D eigenvalue weighted by atomic mass is 35.5. The molecule has 1 unspecified atom stereocenters. The third kappa shape index (κ3) is 3.29. The van der Waals surface area contributed by atoms with Gasteiger partial charge in [0.2, 0.25) is 0 Å². The number of nitro benzene ring substituents is 1. The number of nitro groups is 1. The van der Waals surface area contributed by atoms with Crippen LogP contribution in [-0.4, -0.2) is 22.5 Å². The highest BCUT2D eigenvalue weighted by Crippen LogP contribution is 2.33. The Morgan fingerprint density at radius 1 is 1.50 bits per heavy atom. The smallest absolute Gasteiger partial charge is 0.310 e. The largest absolute Gasteiger partial charge is 0.378 e. The monoisotopic (exact) mass is 286 g/mol. The predicted octanol–water partition coefficient (Wildman–Crippen LogP) is 3.95. The molecule has 4 nitrogen and oxygen atoms in total. The number of rotatable bonds is 4. The van der Waals surface area contributed by atoms with Crippen molar-refractivity contribution in [1.82, 2.24) is 0 Å². The summed E-state index contributed by atoms with van der Waals surface area (Å²) in [5.41, 5.74) is 0.485. The van der Waals surface area contributed by atoms with E-state index in [0.717, 1.165) is 6.54 Å². The zero-order valence-electron chi connectivity index (χ0n) is 9.89. The molecule has 0 bridgehead atoms. The van der Waals surface area contributed by atoms with E-state index >= 15 is 0 Å². The van der Waals surface area contributed by atoms with E-state index in [4.69, 9.17) is 11.6 Å². The van der Waals surface area contributed by atoms with Crippen LogP contribution in [0.4, 0.5) is 11.4 Å². The average molecular weight is 287 g/mol. The number of hydrogen-bond donors (Lipinski definition) is 1. The number of thioether (sulfide) groups is 1. The Labute approximate surface area is 115 Å². The van der Waals surface area contributed by atoms with E-state index in [1.54, 1.807) is 18.2 Å². The molecule has 98 valence electrons. The Bertz CT molecular complexity index is 436. The highest BCUT2D eigenvalue weighted by Gasteiger charge is 2.20. The summed E-state index contributed by atoms with van der Waals surface area (Å²) in [5, 5.41) is 14.8. The standard InChI is InChI=1S/C12H15ClN2O2S/c13-10-5-3-6-11(12(10)15(16)17)14-8-9-4-1-2-7-18-9/h3,5-6,9,14H,1-2,4,7-8H2. The van der Waals surface area contributed by atoms with Gasteiger partial charge in [-0.25, -0.2) is 0 Å². The summed E-state index contributed by atoms with van der Waals surface area (Å²) in [6, 6.07) is 4.98. The maximum atomic E-state index is 11.0. The van der Waals surface area contributed by atoms with E-state index in [0.29, 0.717) is 10.9 Å². The van der Waals surface area contributed by atoms with Crippen LogP contribution in [0.25, 0.3) is 0 Å². The predicted molar refractivity (Wildman–Crippen MR) is 76.7 cm³/mol. The molecule has 1 aromatic carbocycles. The second-order valence-corrected chi connectivity index (χ2v) is 6.08. The summed E-state index contributed by atoms with van der Waals surface area (Å²) in [6.07, 6.45) is 3.70. The van der Waals surface area contributed by atoms with Gasteiger partial charge in [0.25, 0.3) is 0 Å². The molecule has 0 spiro atoms. The first kappa shape index (κ1) is 13.5. The van der Waals surface area contributed by atoms with E-state index in [1.165, 1.54) is 25.0 Å². The van der Waals surface area contributed by atoms with Gasteiger partial charge in [-0.2, -0.15) is 11.8 Å². The number of anilines is 1. The maximum Gasteiger partial charge on any atom is 0.310 e. The van der Waals surface area contributed by atoms with Crippen molar-refractivity contribution in [3.63, 3.8) is 0 Å². The lowest BCUT2D eigenvalue weighted by Crippen LogP contribution is -2.20. The Kier molecular flexibility index (Phi) is 4.72. The first-order valence-electron chi connectivity index (χ1n) is 5.97. The molecular weight excluding hydrogens is 272 g/mol. The SMILES string of the molecule is O=[N+]([O-])c1c(Cl)cccc1NCC1CCCCS1. The molecule has 2 rings (SSSR count). The Morgan fingerprint density at radius 3 is 3.00 bits per heavy atom. The fourth-order valence-electron chi connectivity index (χ4n) is 2.04. The third-order valence-corrected chi connectivity index (χ3v) is 4.67. The number of halogens is 1. The van der Waals surface area contributed by atoms with Gasteiger partial charge in [0.1, 0.15) is 10.7 Å². The third-order valence-electron chi connectivity index (χ3n) is 2.96. The quantitative estimate of drug-likeness (QED) is 0.673. The molecule has 1 aliphatic heterocycles. The normalized spacial score (nSPS) is 19.5. The first-order valence-corrected chi connectivity index (χ1v) is 7.39. The fourth-order valence-corrected chi connectivity index (χ4v) is 3.52. The molecule has 1 atom stereocenters. The minimum atomic E-state index is -0.432. The van der Waals surface area contributed by atoms with Crippen LogP contribution in [0.3, 0.4) is 0 Å². The summed E-state index contributed by atoms with van der Waals surface area (Å²) in [6.45, 7) is 0.756. The van der Waals surface area contributed by atoms with E-state index in [1.807, 2.05) is 11.8 Å². The second kappa shape index (κ2) is 6.29. The van der Waals surface area contributed by atoms with Crippen molar-refractivity contribution in [2.75, 3.05) is 17.6 Å². The second-order valence-electron chi connectivity index (χ2n) is 4.26. The zero-order valence-corrected chi connectivity index (χ0v) is 11.5. The molecule has 0 aliphatic carbocycles. The molecule has 1 aliphatic rings. The number of para-hydroxylation sites is 1. The van der Waals surface area contributed by atoms with Crippen LogP contribution in [0.1, 0.15) is 19.3 Å². The van der Waals surface area contributed by atoms with Crippen LogP contribution in [0.15, 0.2) is 18.2 Å². The number of hydrogen-bond acceptors (Lipinski definition) is 4. The summed E-state index contributed by atoms with van der Waals surface area (Å²) >= 11 is 7.79. The van der Waals surface area contributed by atoms with Crippen LogP contribution >= 0.6 is 23.4 Å². The van der Waals surface area contributed by atoms with Crippen LogP contribution in [0.2, 0.25) is 5.02 Å². The van der Waals surface area contributed by atoms with Gasteiger partial charge >= 0.3 is 5.69 Å². The Balaban J connectivity index is 2.04. The van der Waals surface area contributed by atoms with Crippen molar-refractivity contribution in [2.24, 2.45) is 0 Å². The Hall–Kier alpha value is -0.940. The van der Waals surface area contributed by atoms with Gasteiger partial charge in [-0.3, -0.25) is 10.1 Å². The molecule has 1 saturated heterocycles. The summed E-state index contributed by atoms with van der Waals surface area (Å²) in [7, 11) is 0. The van der Waals surface area contributed by atoms with Gasteiger partial charge in [0.05, 0.1) is 4.92 Å². The molecule has 18 heavy (non-hydrogen) atoms. The van der Waals surface area contributed by atoms with Gasteiger partial charge in [-0.1, -0.05) is 24.1 Å². The lowest BCUT2D eigenvalue weighted by atomic mass is 10.2. The lowest BCUT2D eigenvalue weighted by Gasteiger charge is -2.21. The molecule has 0 saturated carbocycles. The number of nitrogens with zero attached hydrogens (tertiary/aromatic N) is 1. The van der Waals surface area contributed by atoms with Crippen LogP contribution in [0, 0.1) is 10.1 Å². The van der Waals surface area contributed by atoms with E-state index < -0.39 is 4.92 Å².